The summed E-state index contributed by atoms with van der Waals surface area (Å²) in [6, 6.07) is 1.03. The summed E-state index contributed by atoms with van der Waals surface area (Å²) in [5.41, 5.74) is 0. The summed E-state index contributed by atoms with van der Waals surface area (Å²) in [4.78, 5) is 8.67. The van der Waals surface area contributed by atoms with E-state index in [-0.39, 0.29) is 9.76 Å². The number of unbranched alkanes of at least 4 members (excludes halogenated alkanes) is 12. The van der Waals surface area contributed by atoms with Gasteiger partial charge in [0, 0.05) is 0 Å². The molecule has 1 nitrogen and oxygen atoms in total. The lowest BCUT2D eigenvalue weighted by Crippen LogP contribution is -1.86. The van der Waals surface area contributed by atoms with Gasteiger partial charge in [0.15, 0.2) is 0 Å². The first-order valence-corrected chi connectivity index (χ1v) is 8.94. The molecule has 0 aromatic heterocycles. The summed E-state index contributed by atoms with van der Waals surface area (Å²) < 4.78 is 0. The molecule has 0 aliphatic heterocycles. The average molecular weight is 257 g/mol. The van der Waals surface area contributed by atoms with Crippen LogP contribution >= 0.6 is 0 Å². The smallest absolute Gasteiger partial charge is 0.224 e. The van der Waals surface area contributed by atoms with Gasteiger partial charge in [-0.3, -0.25) is 0 Å². The van der Waals surface area contributed by atoms with Crippen molar-refractivity contribution in [2.75, 3.05) is 0 Å². The van der Waals surface area contributed by atoms with Gasteiger partial charge in [0.1, 0.15) is 0 Å². The fraction of sp³-hybridized carbons (Fsp3) is 1.00. The maximum Gasteiger partial charge on any atom is 0.224 e. The Morgan fingerprint density at radius 3 is 1.29 bits per heavy atom. The van der Waals surface area contributed by atoms with Crippen LogP contribution in [0.4, 0.5) is 0 Å². The third-order valence-electron chi connectivity index (χ3n) is 3.39. The Morgan fingerprint density at radius 1 is 0.588 bits per heavy atom. The van der Waals surface area contributed by atoms with Crippen LogP contribution in [-0.2, 0) is 0 Å². The molecule has 0 aromatic carbocycles. The van der Waals surface area contributed by atoms with E-state index in [1.807, 2.05) is 0 Å². The van der Waals surface area contributed by atoms with Crippen molar-refractivity contribution < 1.29 is 4.80 Å². The summed E-state index contributed by atoms with van der Waals surface area (Å²) in [5, 5.41) is 0. The van der Waals surface area contributed by atoms with Gasteiger partial charge in [-0.05, 0) is 6.04 Å². The first kappa shape index (κ1) is 17.2. The zero-order valence-corrected chi connectivity index (χ0v) is 12.8. The van der Waals surface area contributed by atoms with Gasteiger partial charge in [0.05, 0.1) is 0 Å². The first-order chi connectivity index (χ1) is 8.41. The fourth-order valence-electron chi connectivity index (χ4n) is 2.22. The van der Waals surface area contributed by atoms with Gasteiger partial charge >= 0.3 is 0 Å². The first-order valence-electron chi connectivity index (χ1n) is 7.78. The second-order valence-electron chi connectivity index (χ2n) is 5.15. The van der Waals surface area contributed by atoms with Gasteiger partial charge in [-0.1, -0.05) is 90.4 Å². The molecule has 1 N–H and O–H groups in total. The van der Waals surface area contributed by atoms with E-state index in [0.717, 1.165) is 6.04 Å². The Balaban J connectivity index is 2.85. The lowest BCUT2D eigenvalue weighted by Gasteiger charge is -2.02. The Hall–Kier alpha value is 0.177. The molecule has 0 rings (SSSR count). The van der Waals surface area contributed by atoms with E-state index in [1.54, 1.807) is 0 Å². The van der Waals surface area contributed by atoms with Crippen LogP contribution in [0.5, 0.6) is 0 Å². The predicted octanol–water partition coefficient (Wildman–Crippen LogP) is 5.11. The zero-order valence-electron chi connectivity index (χ0n) is 11.8. The second-order valence-corrected chi connectivity index (χ2v) is 5.97. The van der Waals surface area contributed by atoms with E-state index in [2.05, 4.69) is 6.92 Å². The predicted molar refractivity (Wildman–Crippen MR) is 78.5 cm³/mol. The molecule has 0 saturated heterocycles. The van der Waals surface area contributed by atoms with Crippen molar-refractivity contribution in [3.05, 3.63) is 0 Å². The molecule has 0 aromatic rings. The van der Waals surface area contributed by atoms with E-state index in [9.17, 15) is 0 Å². The average Bonchev–Trinajstić information content (AvgIpc) is 2.35. The van der Waals surface area contributed by atoms with Crippen LogP contribution in [0.2, 0.25) is 6.04 Å². The molecule has 0 aliphatic carbocycles. The second kappa shape index (κ2) is 16.2. The maximum absolute atomic E-state index is 8.67. The molecule has 0 amide bonds. The van der Waals surface area contributed by atoms with Crippen molar-refractivity contribution >= 4 is 9.76 Å². The Bertz CT molecular complexity index is 114. The molecule has 2 radical (unpaired) electrons. The Morgan fingerprint density at radius 2 is 0.941 bits per heavy atom. The highest BCUT2D eigenvalue weighted by Gasteiger charge is 1.93. The maximum atomic E-state index is 8.67. The molecule has 0 bridgehead atoms. The van der Waals surface area contributed by atoms with Crippen molar-refractivity contribution in [2.24, 2.45) is 0 Å². The van der Waals surface area contributed by atoms with Crippen LogP contribution in [0.25, 0.3) is 0 Å². The molecule has 0 heterocycles. The van der Waals surface area contributed by atoms with Crippen LogP contribution in [0.15, 0.2) is 0 Å². The molecular weight excluding hydrogens is 224 g/mol. The van der Waals surface area contributed by atoms with Gasteiger partial charge in [-0.2, -0.15) is 0 Å². The minimum absolute atomic E-state index is 0.169. The summed E-state index contributed by atoms with van der Waals surface area (Å²) in [7, 11) is 0.169. The fourth-order valence-corrected chi connectivity index (χ4v) is 2.63. The molecule has 0 fully saturated rings. The van der Waals surface area contributed by atoms with Crippen LogP contribution in [0.3, 0.4) is 0 Å². The minimum Gasteiger partial charge on any atom is -0.432 e. The van der Waals surface area contributed by atoms with Gasteiger partial charge in [-0.15, -0.1) is 0 Å². The Labute approximate surface area is 111 Å². The van der Waals surface area contributed by atoms with E-state index < -0.39 is 0 Å². The summed E-state index contributed by atoms with van der Waals surface area (Å²) in [6.07, 6.45) is 18.2. The third kappa shape index (κ3) is 16.2. The van der Waals surface area contributed by atoms with Crippen molar-refractivity contribution in [1.82, 2.24) is 0 Å². The van der Waals surface area contributed by atoms with Crippen LogP contribution in [0.1, 0.15) is 90.4 Å². The van der Waals surface area contributed by atoms with Crippen molar-refractivity contribution in [2.45, 2.75) is 96.4 Å². The third-order valence-corrected chi connectivity index (χ3v) is 3.97. The van der Waals surface area contributed by atoms with E-state index in [1.165, 1.54) is 83.5 Å². The normalized spacial score (nSPS) is 10.9. The van der Waals surface area contributed by atoms with E-state index in [0.29, 0.717) is 0 Å². The van der Waals surface area contributed by atoms with E-state index in [4.69, 9.17) is 4.80 Å². The lowest BCUT2D eigenvalue weighted by molar-refractivity contribution is 0.539. The molecule has 0 spiro atoms. The number of rotatable bonds is 14. The summed E-state index contributed by atoms with van der Waals surface area (Å²) >= 11 is 0. The van der Waals surface area contributed by atoms with Crippen LogP contribution in [0, 0.1) is 0 Å². The SMILES string of the molecule is CCCCCCCCCCCCCCC[Si]O. The van der Waals surface area contributed by atoms with Gasteiger partial charge in [0.25, 0.3) is 0 Å². The quantitative estimate of drug-likeness (QED) is 0.338. The monoisotopic (exact) mass is 256 g/mol. The van der Waals surface area contributed by atoms with Crippen LogP contribution < -0.4 is 0 Å². The summed E-state index contributed by atoms with van der Waals surface area (Å²) in [6.45, 7) is 2.28. The molecule has 0 aliphatic rings. The molecule has 17 heavy (non-hydrogen) atoms. The van der Waals surface area contributed by atoms with Crippen molar-refractivity contribution in [3.8, 4) is 0 Å². The Kier molecular flexibility index (Phi) is 16.3. The standard InChI is InChI=1S/C15H32OSi/c1-2-3-4-5-6-7-8-9-10-11-12-13-14-15-17-16/h16H,2-15H2,1H3. The minimum atomic E-state index is 0.169. The highest BCUT2D eigenvalue weighted by molar-refractivity contribution is 6.25. The highest BCUT2D eigenvalue weighted by atomic mass is 28.2. The lowest BCUT2D eigenvalue weighted by atomic mass is 10.1. The summed E-state index contributed by atoms with van der Waals surface area (Å²) in [5.74, 6) is 0. The van der Waals surface area contributed by atoms with Gasteiger partial charge in [-0.25, -0.2) is 0 Å². The van der Waals surface area contributed by atoms with Gasteiger partial charge < -0.3 is 4.80 Å². The molecule has 102 valence electrons. The highest BCUT2D eigenvalue weighted by Crippen LogP contribution is 2.12. The van der Waals surface area contributed by atoms with Crippen molar-refractivity contribution in [3.63, 3.8) is 0 Å². The molecule has 2 heteroatoms. The van der Waals surface area contributed by atoms with E-state index >= 15 is 0 Å². The topological polar surface area (TPSA) is 20.2 Å². The molecule has 0 unspecified atom stereocenters. The molecule has 0 atom stereocenters. The zero-order chi connectivity index (χ0) is 12.6. The van der Waals surface area contributed by atoms with Gasteiger partial charge in [0.2, 0.25) is 9.76 Å². The largest absolute Gasteiger partial charge is 0.432 e. The van der Waals surface area contributed by atoms with Crippen molar-refractivity contribution in [1.29, 1.82) is 0 Å². The number of hydrogen-bond donors (Lipinski definition) is 1. The molecular formula is C15H32OSi. The van der Waals surface area contributed by atoms with Crippen LogP contribution in [-0.4, -0.2) is 14.6 Å². The number of hydrogen-bond acceptors (Lipinski definition) is 1. The molecule has 0 saturated carbocycles.